The SMILES string of the molecule is Cc1ccc(NC(=O)c2cnn(CCCN)c2C)cn1. The minimum Gasteiger partial charge on any atom is -0.330 e. The predicted octanol–water partition coefficient (Wildman–Crippen LogP) is 1.50. The number of nitrogens with zero attached hydrogens (tertiary/aromatic N) is 3. The zero-order valence-corrected chi connectivity index (χ0v) is 11.8. The highest BCUT2D eigenvalue weighted by Gasteiger charge is 2.14. The predicted molar refractivity (Wildman–Crippen MR) is 77.6 cm³/mol. The second kappa shape index (κ2) is 6.29. The van der Waals surface area contributed by atoms with Crippen molar-refractivity contribution in [2.45, 2.75) is 26.8 Å². The quantitative estimate of drug-likeness (QED) is 0.864. The summed E-state index contributed by atoms with van der Waals surface area (Å²) in [7, 11) is 0. The number of aryl methyl sites for hydroxylation is 2. The van der Waals surface area contributed by atoms with Crippen LogP contribution in [0.4, 0.5) is 5.69 Å². The van der Waals surface area contributed by atoms with Crippen molar-refractivity contribution in [3.8, 4) is 0 Å². The van der Waals surface area contributed by atoms with E-state index in [9.17, 15) is 4.79 Å². The van der Waals surface area contributed by atoms with Crippen LogP contribution in [0.15, 0.2) is 24.5 Å². The number of rotatable bonds is 5. The second-order valence-electron chi connectivity index (χ2n) is 4.65. The van der Waals surface area contributed by atoms with E-state index >= 15 is 0 Å². The number of anilines is 1. The van der Waals surface area contributed by atoms with E-state index in [1.807, 2.05) is 26.0 Å². The van der Waals surface area contributed by atoms with Crippen LogP contribution in [0.2, 0.25) is 0 Å². The van der Waals surface area contributed by atoms with E-state index in [2.05, 4.69) is 15.4 Å². The van der Waals surface area contributed by atoms with Crippen LogP contribution in [0, 0.1) is 13.8 Å². The van der Waals surface area contributed by atoms with Crippen molar-refractivity contribution in [1.82, 2.24) is 14.8 Å². The molecule has 0 spiro atoms. The lowest BCUT2D eigenvalue weighted by Crippen LogP contribution is -2.14. The van der Waals surface area contributed by atoms with Crippen LogP contribution in [-0.2, 0) is 6.54 Å². The minimum atomic E-state index is -0.174. The van der Waals surface area contributed by atoms with Gasteiger partial charge >= 0.3 is 0 Å². The summed E-state index contributed by atoms with van der Waals surface area (Å²) in [5.41, 5.74) is 8.48. The molecular formula is C14H19N5O. The average molecular weight is 273 g/mol. The first-order valence-electron chi connectivity index (χ1n) is 6.58. The molecular weight excluding hydrogens is 254 g/mol. The number of aromatic nitrogens is 3. The molecule has 2 heterocycles. The van der Waals surface area contributed by atoms with Crippen LogP contribution in [0.25, 0.3) is 0 Å². The van der Waals surface area contributed by atoms with Gasteiger partial charge in [-0.05, 0) is 38.9 Å². The molecule has 0 fully saturated rings. The molecule has 0 aliphatic carbocycles. The maximum atomic E-state index is 12.2. The van der Waals surface area contributed by atoms with E-state index in [0.29, 0.717) is 17.8 Å². The molecule has 0 atom stereocenters. The zero-order valence-electron chi connectivity index (χ0n) is 11.8. The van der Waals surface area contributed by atoms with Gasteiger partial charge in [0.2, 0.25) is 0 Å². The van der Waals surface area contributed by atoms with Gasteiger partial charge in [0.1, 0.15) is 0 Å². The molecule has 106 valence electrons. The summed E-state index contributed by atoms with van der Waals surface area (Å²) in [6, 6.07) is 3.68. The highest BCUT2D eigenvalue weighted by molar-refractivity contribution is 6.04. The highest BCUT2D eigenvalue weighted by Crippen LogP contribution is 2.12. The van der Waals surface area contributed by atoms with Crippen LogP contribution in [0.3, 0.4) is 0 Å². The molecule has 0 saturated heterocycles. The van der Waals surface area contributed by atoms with Gasteiger partial charge in [0.25, 0.3) is 5.91 Å². The molecule has 20 heavy (non-hydrogen) atoms. The summed E-state index contributed by atoms with van der Waals surface area (Å²) >= 11 is 0. The first-order chi connectivity index (χ1) is 9.61. The summed E-state index contributed by atoms with van der Waals surface area (Å²) in [4.78, 5) is 16.3. The van der Waals surface area contributed by atoms with E-state index in [1.165, 1.54) is 0 Å². The normalized spacial score (nSPS) is 10.6. The number of carbonyl (C=O) groups is 1. The van der Waals surface area contributed by atoms with Gasteiger partial charge in [0.05, 0.1) is 23.6 Å². The number of hydrogen-bond acceptors (Lipinski definition) is 4. The molecule has 3 N–H and O–H groups in total. The van der Waals surface area contributed by atoms with Crippen molar-refractivity contribution >= 4 is 11.6 Å². The molecule has 0 radical (unpaired) electrons. The number of hydrogen-bond donors (Lipinski definition) is 2. The van der Waals surface area contributed by atoms with Crippen LogP contribution in [0.1, 0.15) is 28.2 Å². The average Bonchev–Trinajstić information content (AvgIpc) is 2.80. The molecule has 0 aromatic carbocycles. The maximum Gasteiger partial charge on any atom is 0.259 e. The fourth-order valence-corrected chi connectivity index (χ4v) is 1.88. The molecule has 0 aliphatic rings. The van der Waals surface area contributed by atoms with Gasteiger partial charge in [-0.2, -0.15) is 5.10 Å². The first kappa shape index (κ1) is 14.2. The second-order valence-corrected chi connectivity index (χ2v) is 4.65. The Morgan fingerprint density at radius 3 is 2.80 bits per heavy atom. The number of nitrogens with one attached hydrogen (secondary N) is 1. The number of nitrogens with two attached hydrogens (primary N) is 1. The fourth-order valence-electron chi connectivity index (χ4n) is 1.88. The molecule has 6 heteroatoms. The Bertz CT molecular complexity index is 588. The Morgan fingerprint density at radius 1 is 1.35 bits per heavy atom. The zero-order chi connectivity index (χ0) is 14.5. The summed E-state index contributed by atoms with van der Waals surface area (Å²) in [5, 5.41) is 7.03. The van der Waals surface area contributed by atoms with Crippen molar-refractivity contribution in [1.29, 1.82) is 0 Å². The molecule has 2 aromatic rings. The Morgan fingerprint density at radius 2 is 2.15 bits per heavy atom. The topological polar surface area (TPSA) is 85.8 Å². The van der Waals surface area contributed by atoms with Crippen molar-refractivity contribution in [2.24, 2.45) is 5.73 Å². The van der Waals surface area contributed by atoms with E-state index in [1.54, 1.807) is 17.1 Å². The Labute approximate surface area is 118 Å². The smallest absolute Gasteiger partial charge is 0.259 e. The minimum absolute atomic E-state index is 0.174. The van der Waals surface area contributed by atoms with E-state index < -0.39 is 0 Å². The van der Waals surface area contributed by atoms with Crippen LogP contribution in [-0.4, -0.2) is 27.2 Å². The molecule has 0 aliphatic heterocycles. The van der Waals surface area contributed by atoms with Gasteiger partial charge in [-0.25, -0.2) is 0 Å². The Kier molecular flexibility index (Phi) is 4.47. The van der Waals surface area contributed by atoms with E-state index in [-0.39, 0.29) is 5.91 Å². The van der Waals surface area contributed by atoms with Crippen molar-refractivity contribution < 1.29 is 4.79 Å². The van der Waals surface area contributed by atoms with Gasteiger partial charge in [0.15, 0.2) is 0 Å². The monoisotopic (exact) mass is 273 g/mol. The Balaban J connectivity index is 2.09. The van der Waals surface area contributed by atoms with E-state index in [4.69, 9.17) is 5.73 Å². The molecule has 2 rings (SSSR count). The molecule has 0 saturated carbocycles. The third-order valence-electron chi connectivity index (χ3n) is 3.09. The van der Waals surface area contributed by atoms with Crippen LogP contribution >= 0.6 is 0 Å². The number of pyridine rings is 1. The molecule has 1 amide bonds. The molecule has 0 unspecified atom stereocenters. The summed E-state index contributed by atoms with van der Waals surface area (Å²) < 4.78 is 1.80. The van der Waals surface area contributed by atoms with Crippen molar-refractivity contribution in [3.05, 3.63) is 41.5 Å². The van der Waals surface area contributed by atoms with Gasteiger partial charge in [-0.3, -0.25) is 14.5 Å². The standard InChI is InChI=1S/C14H19N5O/c1-10-4-5-12(8-16-10)18-14(20)13-9-17-19(11(13)2)7-3-6-15/h4-5,8-9H,3,6-7,15H2,1-2H3,(H,18,20). The molecule has 2 aromatic heterocycles. The number of carbonyl (C=O) groups excluding carboxylic acids is 1. The largest absolute Gasteiger partial charge is 0.330 e. The van der Waals surface area contributed by atoms with E-state index in [0.717, 1.165) is 24.4 Å². The third-order valence-corrected chi connectivity index (χ3v) is 3.09. The lowest BCUT2D eigenvalue weighted by molar-refractivity contribution is 0.102. The lowest BCUT2D eigenvalue weighted by Gasteiger charge is -2.06. The van der Waals surface area contributed by atoms with Gasteiger partial charge in [0, 0.05) is 17.9 Å². The number of amides is 1. The first-order valence-corrected chi connectivity index (χ1v) is 6.58. The van der Waals surface area contributed by atoms with Crippen LogP contribution in [0.5, 0.6) is 0 Å². The Hall–Kier alpha value is -2.21. The van der Waals surface area contributed by atoms with Crippen molar-refractivity contribution in [2.75, 3.05) is 11.9 Å². The van der Waals surface area contributed by atoms with Gasteiger partial charge < -0.3 is 11.1 Å². The fraction of sp³-hybridized carbons (Fsp3) is 0.357. The third kappa shape index (κ3) is 3.21. The molecule has 6 nitrogen and oxygen atoms in total. The van der Waals surface area contributed by atoms with Gasteiger partial charge in [-0.15, -0.1) is 0 Å². The summed E-state index contributed by atoms with van der Waals surface area (Å²) in [6.07, 6.45) is 4.07. The highest BCUT2D eigenvalue weighted by atomic mass is 16.1. The maximum absolute atomic E-state index is 12.2. The molecule has 0 bridgehead atoms. The summed E-state index contributed by atoms with van der Waals surface area (Å²) in [6.45, 7) is 5.11. The van der Waals surface area contributed by atoms with Crippen LogP contribution < -0.4 is 11.1 Å². The summed E-state index contributed by atoms with van der Waals surface area (Å²) in [5.74, 6) is -0.174. The van der Waals surface area contributed by atoms with Crippen molar-refractivity contribution in [3.63, 3.8) is 0 Å². The van der Waals surface area contributed by atoms with Gasteiger partial charge in [-0.1, -0.05) is 0 Å². The lowest BCUT2D eigenvalue weighted by atomic mass is 10.2.